The molecule has 3 heteroatoms. The number of nitrogens with zero attached hydrogens (tertiary/aromatic N) is 3. The average Bonchev–Trinajstić information content (AvgIpc) is 3.01. The molecule has 3 nitrogen and oxygen atoms in total. The maximum Gasteiger partial charge on any atom is 0.0571 e. The molecule has 0 N–H and O–H groups in total. The second-order valence-corrected chi connectivity index (χ2v) is 7.39. The van der Waals surface area contributed by atoms with Crippen molar-refractivity contribution in [2.24, 2.45) is 4.99 Å². The average molecular weight is 355 g/mol. The van der Waals surface area contributed by atoms with Crippen LogP contribution in [-0.4, -0.2) is 41.0 Å². The Kier molecular flexibility index (Phi) is 4.23. The van der Waals surface area contributed by atoms with Gasteiger partial charge < -0.3 is 9.80 Å². The molecule has 136 valence electrons. The first-order chi connectivity index (χ1) is 13.0. The Hall–Kier alpha value is -3.07. The number of anilines is 2. The van der Waals surface area contributed by atoms with Crippen molar-refractivity contribution >= 4 is 22.7 Å². The van der Waals surface area contributed by atoms with Gasteiger partial charge in [0.1, 0.15) is 0 Å². The van der Waals surface area contributed by atoms with Crippen LogP contribution in [0, 0.1) is 0 Å². The molecule has 0 atom stereocenters. The number of allylic oxidation sites excluding steroid dienone is 5. The molecular weight excluding hydrogens is 330 g/mol. The zero-order valence-corrected chi connectivity index (χ0v) is 16.6. The lowest BCUT2D eigenvalue weighted by molar-refractivity contribution is 1.13. The van der Waals surface area contributed by atoms with E-state index in [4.69, 9.17) is 0 Å². The monoisotopic (exact) mass is 355 g/mol. The van der Waals surface area contributed by atoms with Gasteiger partial charge in [-0.15, -0.1) is 0 Å². The largest absolute Gasteiger partial charge is 0.378 e. The van der Waals surface area contributed by atoms with Crippen molar-refractivity contribution in [3.8, 4) is 11.1 Å². The summed E-state index contributed by atoms with van der Waals surface area (Å²) in [5, 5.41) is 0. The van der Waals surface area contributed by atoms with Crippen LogP contribution in [0.1, 0.15) is 11.1 Å². The number of hydrogen-bond donors (Lipinski definition) is 0. The zero-order valence-electron chi connectivity index (χ0n) is 16.6. The van der Waals surface area contributed by atoms with Crippen molar-refractivity contribution in [3.63, 3.8) is 0 Å². The molecule has 0 aromatic heterocycles. The fraction of sp³-hybridized carbons (Fsp3) is 0.208. The van der Waals surface area contributed by atoms with Gasteiger partial charge in [0.2, 0.25) is 0 Å². The van der Waals surface area contributed by atoms with E-state index in [1.54, 1.807) is 0 Å². The molecular formula is C24H25N3. The van der Waals surface area contributed by atoms with Crippen LogP contribution in [0.2, 0.25) is 0 Å². The van der Waals surface area contributed by atoms with Gasteiger partial charge in [-0.1, -0.05) is 24.3 Å². The van der Waals surface area contributed by atoms with Crippen molar-refractivity contribution in [1.29, 1.82) is 0 Å². The number of benzene rings is 2. The van der Waals surface area contributed by atoms with Crippen LogP contribution in [0.25, 0.3) is 16.7 Å². The predicted octanol–water partition coefficient (Wildman–Crippen LogP) is 4.80. The van der Waals surface area contributed by atoms with Crippen LogP contribution in [-0.2, 0) is 0 Å². The highest BCUT2D eigenvalue weighted by Crippen LogP contribution is 2.48. The van der Waals surface area contributed by atoms with E-state index in [2.05, 4.69) is 104 Å². The van der Waals surface area contributed by atoms with Crippen molar-refractivity contribution in [1.82, 2.24) is 0 Å². The Bertz CT molecular complexity index is 956. The first-order valence-electron chi connectivity index (χ1n) is 9.20. The molecule has 0 aliphatic heterocycles. The minimum atomic E-state index is 1.00. The second kappa shape index (κ2) is 6.58. The smallest absolute Gasteiger partial charge is 0.0571 e. The van der Waals surface area contributed by atoms with Gasteiger partial charge >= 0.3 is 0 Å². The van der Waals surface area contributed by atoms with Gasteiger partial charge in [0, 0.05) is 46.6 Å². The summed E-state index contributed by atoms with van der Waals surface area (Å²) >= 11 is 0. The number of fused-ring (bicyclic) bond motifs is 3. The molecule has 0 radical (unpaired) electrons. The number of hydrogen-bond acceptors (Lipinski definition) is 3. The van der Waals surface area contributed by atoms with Gasteiger partial charge in [-0.05, 0) is 69.8 Å². The third kappa shape index (κ3) is 2.89. The van der Waals surface area contributed by atoms with Crippen molar-refractivity contribution < 1.29 is 0 Å². The normalized spacial score (nSPS) is 14.3. The van der Waals surface area contributed by atoms with Gasteiger partial charge in [-0.25, -0.2) is 0 Å². The molecule has 0 saturated heterocycles. The highest BCUT2D eigenvalue weighted by molar-refractivity contribution is 6.09. The summed E-state index contributed by atoms with van der Waals surface area (Å²) in [6, 6.07) is 13.5. The van der Waals surface area contributed by atoms with E-state index in [1.165, 1.54) is 44.8 Å². The lowest BCUT2D eigenvalue weighted by Gasteiger charge is -2.15. The zero-order chi connectivity index (χ0) is 19.1. The van der Waals surface area contributed by atoms with Gasteiger partial charge in [0.15, 0.2) is 0 Å². The van der Waals surface area contributed by atoms with Crippen LogP contribution < -0.4 is 9.80 Å². The molecule has 0 saturated carbocycles. The Balaban J connectivity index is 1.98. The SMILES string of the molecule is CN=C1C=CC(=C2c3ccc(N(C)C)cc3-c3cc(N(C)C)ccc32)C=C1. The summed E-state index contributed by atoms with van der Waals surface area (Å²) in [5.41, 5.74) is 11.2. The Morgan fingerprint density at radius 1 is 0.630 bits per heavy atom. The van der Waals surface area contributed by atoms with E-state index < -0.39 is 0 Å². The molecule has 0 amide bonds. The molecule has 0 bridgehead atoms. The molecule has 27 heavy (non-hydrogen) atoms. The summed E-state index contributed by atoms with van der Waals surface area (Å²) in [6.45, 7) is 0. The van der Waals surface area contributed by atoms with Gasteiger partial charge in [-0.2, -0.15) is 0 Å². The lowest BCUT2D eigenvalue weighted by Crippen LogP contribution is -2.09. The molecule has 0 unspecified atom stereocenters. The molecule has 0 spiro atoms. The summed E-state index contributed by atoms with van der Waals surface area (Å²) < 4.78 is 0. The molecule has 4 rings (SSSR count). The lowest BCUT2D eigenvalue weighted by atomic mass is 9.94. The van der Waals surface area contributed by atoms with Gasteiger partial charge in [0.25, 0.3) is 0 Å². The van der Waals surface area contributed by atoms with Crippen LogP contribution >= 0.6 is 0 Å². The molecule has 0 fully saturated rings. The first kappa shape index (κ1) is 17.3. The Morgan fingerprint density at radius 3 is 1.52 bits per heavy atom. The fourth-order valence-corrected chi connectivity index (χ4v) is 3.74. The third-order valence-corrected chi connectivity index (χ3v) is 5.28. The number of rotatable bonds is 2. The molecule has 2 aromatic carbocycles. The maximum atomic E-state index is 4.27. The first-order valence-corrected chi connectivity index (χ1v) is 9.20. The Labute approximate surface area is 161 Å². The third-order valence-electron chi connectivity index (χ3n) is 5.28. The van der Waals surface area contributed by atoms with Crippen LogP contribution in [0.5, 0.6) is 0 Å². The maximum absolute atomic E-state index is 4.27. The highest BCUT2D eigenvalue weighted by Gasteiger charge is 2.26. The van der Waals surface area contributed by atoms with E-state index in [1.807, 2.05) is 7.05 Å². The highest BCUT2D eigenvalue weighted by atomic mass is 15.1. The topological polar surface area (TPSA) is 18.8 Å². The van der Waals surface area contributed by atoms with E-state index >= 15 is 0 Å². The van der Waals surface area contributed by atoms with Crippen molar-refractivity contribution in [2.45, 2.75) is 0 Å². The van der Waals surface area contributed by atoms with Gasteiger partial charge in [0.05, 0.1) is 5.71 Å². The molecule has 2 aliphatic carbocycles. The summed E-state index contributed by atoms with van der Waals surface area (Å²) in [7, 11) is 10.2. The van der Waals surface area contributed by atoms with E-state index in [0.29, 0.717) is 0 Å². The van der Waals surface area contributed by atoms with Crippen LogP contribution in [0.3, 0.4) is 0 Å². The van der Waals surface area contributed by atoms with E-state index in [0.717, 1.165) is 5.71 Å². The summed E-state index contributed by atoms with van der Waals surface area (Å²) in [4.78, 5) is 8.58. The van der Waals surface area contributed by atoms with Crippen molar-refractivity contribution in [2.75, 3.05) is 45.0 Å². The summed E-state index contributed by atoms with van der Waals surface area (Å²) in [6.07, 6.45) is 8.53. The predicted molar refractivity (Wildman–Crippen MR) is 118 cm³/mol. The quantitative estimate of drug-likeness (QED) is 0.658. The van der Waals surface area contributed by atoms with Crippen molar-refractivity contribution in [3.05, 3.63) is 77.4 Å². The van der Waals surface area contributed by atoms with E-state index in [9.17, 15) is 0 Å². The van der Waals surface area contributed by atoms with E-state index in [-0.39, 0.29) is 0 Å². The molecule has 2 aromatic rings. The summed E-state index contributed by atoms with van der Waals surface area (Å²) in [5.74, 6) is 0. The minimum Gasteiger partial charge on any atom is -0.378 e. The standard InChI is InChI=1S/C24H25N3/c1-25-17-8-6-16(7-9-17)24-20-12-10-18(26(2)3)14-22(20)23-15-19(27(4)5)11-13-21(23)24/h6-15H,1-5H3. The van der Waals surface area contributed by atoms with Crippen LogP contribution in [0.4, 0.5) is 11.4 Å². The minimum absolute atomic E-state index is 1.00. The second-order valence-electron chi connectivity index (χ2n) is 7.39. The molecule has 0 heterocycles. The Morgan fingerprint density at radius 2 is 1.11 bits per heavy atom. The fourth-order valence-electron chi connectivity index (χ4n) is 3.74. The molecule has 2 aliphatic rings. The van der Waals surface area contributed by atoms with Crippen LogP contribution in [0.15, 0.2) is 71.3 Å². The van der Waals surface area contributed by atoms with Gasteiger partial charge in [-0.3, -0.25) is 4.99 Å². The number of aliphatic imine (C=N–C) groups is 1.